The highest BCUT2D eigenvalue weighted by atomic mass is 79.9. The average Bonchev–Trinajstić information content (AvgIpc) is 2.93. The van der Waals surface area contributed by atoms with E-state index >= 15 is 0 Å². The summed E-state index contributed by atoms with van der Waals surface area (Å²) in [6.07, 6.45) is 0. The van der Waals surface area contributed by atoms with Crippen molar-refractivity contribution in [3.05, 3.63) is 27.5 Å². The SMILES string of the molecule is COc1cc2sc(C(=O)[C@@H]3[C@H](C)[C@@H]3C(=O)O)cc2cc1Br. The number of carboxylic acids is 1. The van der Waals surface area contributed by atoms with Crippen LogP contribution in [-0.4, -0.2) is 24.0 Å². The molecule has 1 fully saturated rings. The van der Waals surface area contributed by atoms with Crippen LogP contribution in [0.4, 0.5) is 0 Å². The monoisotopic (exact) mass is 368 g/mol. The Labute approximate surface area is 133 Å². The van der Waals surface area contributed by atoms with Crippen molar-refractivity contribution in [3.8, 4) is 5.75 Å². The molecule has 3 rings (SSSR count). The molecule has 0 amide bonds. The maximum absolute atomic E-state index is 12.4. The summed E-state index contributed by atoms with van der Waals surface area (Å²) in [7, 11) is 1.59. The highest BCUT2D eigenvalue weighted by Gasteiger charge is 2.56. The number of ether oxygens (including phenoxy) is 1. The average molecular weight is 369 g/mol. The summed E-state index contributed by atoms with van der Waals surface area (Å²) < 4.78 is 7.03. The Hall–Kier alpha value is -1.40. The third-order valence-electron chi connectivity index (χ3n) is 4.00. The molecule has 0 bridgehead atoms. The van der Waals surface area contributed by atoms with E-state index in [2.05, 4.69) is 15.9 Å². The van der Waals surface area contributed by atoms with Crippen LogP contribution in [0.1, 0.15) is 16.6 Å². The van der Waals surface area contributed by atoms with E-state index in [0.29, 0.717) is 10.6 Å². The molecule has 0 spiro atoms. The number of hydrogen-bond acceptors (Lipinski definition) is 4. The number of carbonyl (C=O) groups is 2. The van der Waals surface area contributed by atoms with Gasteiger partial charge in [0.05, 0.1) is 22.4 Å². The van der Waals surface area contributed by atoms with Crippen LogP contribution in [0.15, 0.2) is 22.7 Å². The van der Waals surface area contributed by atoms with E-state index in [1.165, 1.54) is 11.3 Å². The number of fused-ring (bicyclic) bond motifs is 1. The smallest absolute Gasteiger partial charge is 0.307 e. The summed E-state index contributed by atoms with van der Waals surface area (Å²) in [5, 5.41) is 10.0. The Kier molecular flexibility index (Phi) is 3.53. The number of methoxy groups -OCH3 is 1. The van der Waals surface area contributed by atoms with Gasteiger partial charge in [0.2, 0.25) is 0 Å². The first-order valence-electron chi connectivity index (χ1n) is 6.48. The zero-order valence-electron chi connectivity index (χ0n) is 11.4. The predicted octanol–water partition coefficient (Wildman–Crippen LogP) is 3.82. The molecule has 1 heterocycles. The molecule has 1 aromatic carbocycles. The van der Waals surface area contributed by atoms with Crippen LogP contribution in [0.3, 0.4) is 0 Å². The fourth-order valence-electron chi connectivity index (χ4n) is 2.73. The first-order chi connectivity index (χ1) is 9.93. The molecule has 6 heteroatoms. The van der Waals surface area contributed by atoms with Crippen LogP contribution in [0.5, 0.6) is 5.75 Å². The van der Waals surface area contributed by atoms with Gasteiger partial charge in [0.1, 0.15) is 5.75 Å². The zero-order valence-corrected chi connectivity index (χ0v) is 13.8. The van der Waals surface area contributed by atoms with E-state index in [4.69, 9.17) is 9.84 Å². The molecule has 0 radical (unpaired) electrons. The summed E-state index contributed by atoms with van der Waals surface area (Å²) in [5.74, 6) is -1.24. The molecule has 0 saturated heterocycles. The minimum absolute atomic E-state index is 0.0637. The lowest BCUT2D eigenvalue weighted by molar-refractivity contribution is -0.139. The lowest BCUT2D eigenvalue weighted by atomic mass is 10.1. The van der Waals surface area contributed by atoms with Crippen LogP contribution < -0.4 is 4.74 Å². The quantitative estimate of drug-likeness (QED) is 0.833. The van der Waals surface area contributed by atoms with Crippen LogP contribution in [0.2, 0.25) is 0 Å². The number of carbonyl (C=O) groups excluding carboxylic acids is 1. The minimum atomic E-state index is -0.883. The molecule has 2 aromatic rings. The van der Waals surface area contributed by atoms with Crippen molar-refractivity contribution in [2.45, 2.75) is 6.92 Å². The fourth-order valence-corrected chi connectivity index (χ4v) is 4.31. The Morgan fingerprint density at radius 3 is 2.57 bits per heavy atom. The molecule has 1 N–H and O–H groups in total. The second-order valence-electron chi connectivity index (χ2n) is 5.25. The number of hydrogen-bond donors (Lipinski definition) is 1. The summed E-state index contributed by atoms with van der Waals surface area (Å²) in [6.45, 7) is 1.81. The normalized spacial score (nSPS) is 24.0. The third-order valence-corrected chi connectivity index (χ3v) is 5.73. The van der Waals surface area contributed by atoms with Gasteiger partial charge in [0, 0.05) is 10.6 Å². The second-order valence-corrected chi connectivity index (χ2v) is 7.19. The Morgan fingerprint density at radius 1 is 1.29 bits per heavy atom. The van der Waals surface area contributed by atoms with Crippen molar-refractivity contribution in [1.29, 1.82) is 0 Å². The molecule has 1 aliphatic carbocycles. The zero-order chi connectivity index (χ0) is 15.3. The number of thiophene rings is 1. The van der Waals surface area contributed by atoms with Gasteiger partial charge in [0.25, 0.3) is 0 Å². The molecule has 0 aliphatic heterocycles. The standard InChI is InChI=1S/C15H13BrO4S/c1-6-12(13(6)15(18)19)14(17)11-4-7-3-8(16)9(20-2)5-10(7)21-11/h3-6,12-13H,1-2H3,(H,18,19)/t6-,12+,13-/m0/s1. The number of carboxylic acid groups (broad SMARTS) is 1. The molecule has 3 atom stereocenters. The number of aliphatic carboxylic acids is 1. The van der Waals surface area contributed by atoms with Crippen LogP contribution in [0, 0.1) is 17.8 Å². The summed E-state index contributed by atoms with van der Waals surface area (Å²) in [5.41, 5.74) is 0. The second kappa shape index (κ2) is 5.10. The molecule has 0 unspecified atom stereocenters. The largest absolute Gasteiger partial charge is 0.496 e. The third kappa shape index (κ3) is 2.36. The van der Waals surface area contributed by atoms with E-state index in [1.54, 1.807) is 7.11 Å². The van der Waals surface area contributed by atoms with Crippen molar-refractivity contribution >= 4 is 49.1 Å². The molecule has 21 heavy (non-hydrogen) atoms. The van der Waals surface area contributed by atoms with Gasteiger partial charge in [-0.1, -0.05) is 6.92 Å². The topological polar surface area (TPSA) is 63.6 Å². The number of benzene rings is 1. The maximum atomic E-state index is 12.4. The Bertz CT molecular complexity index is 751. The van der Waals surface area contributed by atoms with Gasteiger partial charge < -0.3 is 9.84 Å². The Morgan fingerprint density at radius 2 is 2.00 bits per heavy atom. The van der Waals surface area contributed by atoms with Gasteiger partial charge >= 0.3 is 5.97 Å². The van der Waals surface area contributed by atoms with E-state index in [-0.39, 0.29) is 17.6 Å². The molecular formula is C15H13BrO4S. The molecule has 1 aromatic heterocycles. The maximum Gasteiger partial charge on any atom is 0.307 e. The van der Waals surface area contributed by atoms with Gasteiger partial charge in [0.15, 0.2) is 5.78 Å². The summed E-state index contributed by atoms with van der Waals surface area (Å²) in [6, 6.07) is 5.62. The van der Waals surface area contributed by atoms with Crippen molar-refractivity contribution in [3.63, 3.8) is 0 Å². The van der Waals surface area contributed by atoms with Crippen molar-refractivity contribution in [1.82, 2.24) is 0 Å². The first-order valence-corrected chi connectivity index (χ1v) is 8.09. The van der Waals surface area contributed by atoms with Gasteiger partial charge in [-0.05, 0) is 45.4 Å². The molecule has 110 valence electrons. The van der Waals surface area contributed by atoms with Gasteiger partial charge in [-0.25, -0.2) is 0 Å². The van der Waals surface area contributed by atoms with Crippen LogP contribution in [0.25, 0.3) is 10.1 Å². The lowest BCUT2D eigenvalue weighted by Gasteiger charge is -2.01. The van der Waals surface area contributed by atoms with E-state index < -0.39 is 11.9 Å². The van der Waals surface area contributed by atoms with Gasteiger partial charge in [-0.15, -0.1) is 11.3 Å². The van der Waals surface area contributed by atoms with E-state index in [0.717, 1.165) is 14.6 Å². The van der Waals surface area contributed by atoms with Gasteiger partial charge in [-0.3, -0.25) is 9.59 Å². The van der Waals surface area contributed by atoms with Crippen molar-refractivity contribution in [2.24, 2.45) is 17.8 Å². The number of halogens is 1. The number of Topliss-reactive ketones (excluding diaryl/α,β-unsaturated/α-hetero) is 1. The highest BCUT2D eigenvalue weighted by Crippen LogP contribution is 2.49. The van der Waals surface area contributed by atoms with E-state index in [9.17, 15) is 9.59 Å². The fraction of sp³-hybridized carbons (Fsp3) is 0.333. The lowest BCUT2D eigenvalue weighted by Crippen LogP contribution is -2.06. The summed E-state index contributed by atoms with van der Waals surface area (Å²) >= 11 is 4.80. The number of rotatable bonds is 4. The Balaban J connectivity index is 1.95. The summed E-state index contributed by atoms with van der Waals surface area (Å²) in [4.78, 5) is 24.1. The number of ketones is 1. The van der Waals surface area contributed by atoms with Crippen molar-refractivity contribution < 1.29 is 19.4 Å². The molecule has 1 saturated carbocycles. The molecule has 1 aliphatic rings. The molecule has 4 nitrogen and oxygen atoms in total. The van der Waals surface area contributed by atoms with Crippen LogP contribution >= 0.6 is 27.3 Å². The van der Waals surface area contributed by atoms with Gasteiger partial charge in [-0.2, -0.15) is 0 Å². The van der Waals surface area contributed by atoms with Crippen molar-refractivity contribution in [2.75, 3.05) is 7.11 Å². The van der Waals surface area contributed by atoms with E-state index in [1.807, 2.05) is 25.1 Å². The first kappa shape index (κ1) is 14.5. The minimum Gasteiger partial charge on any atom is -0.496 e. The predicted molar refractivity (Wildman–Crippen MR) is 84.2 cm³/mol. The highest BCUT2D eigenvalue weighted by molar-refractivity contribution is 9.10. The molecular weight excluding hydrogens is 356 g/mol. The van der Waals surface area contributed by atoms with Crippen LogP contribution in [-0.2, 0) is 4.79 Å².